The van der Waals surface area contributed by atoms with Crippen LogP contribution in [-0.2, 0) is 17.8 Å². The number of anilines is 1. The Morgan fingerprint density at radius 1 is 0.903 bits per heavy atom. The lowest BCUT2D eigenvalue weighted by atomic mass is 10.1. The summed E-state index contributed by atoms with van der Waals surface area (Å²) < 4.78 is 5.23. The van der Waals surface area contributed by atoms with E-state index in [-0.39, 0.29) is 5.91 Å². The van der Waals surface area contributed by atoms with E-state index in [0.29, 0.717) is 17.8 Å². The molecular formula is C25H34N3O3+. The van der Waals surface area contributed by atoms with Crippen molar-refractivity contribution in [3.05, 3.63) is 65.2 Å². The Morgan fingerprint density at radius 3 is 2.13 bits per heavy atom. The number of piperidine rings is 1. The minimum absolute atomic E-state index is 0.148. The lowest BCUT2D eigenvalue weighted by molar-refractivity contribution is -0.918. The smallest absolute Gasteiger partial charge is 0.412 e. The van der Waals surface area contributed by atoms with Crippen LogP contribution in [0.5, 0.6) is 0 Å². The number of quaternary nitrogens is 1. The lowest BCUT2D eigenvalue weighted by Gasteiger charge is -2.23. The van der Waals surface area contributed by atoms with E-state index in [1.807, 2.05) is 20.8 Å². The third-order valence-electron chi connectivity index (χ3n) is 5.28. The standard InChI is InChI=1S/C25H33N3O3/c1-25(2,3)31-24(30)27-22-13-11-21(12-14-22)23(29)26-17-19-7-9-20(10-8-19)18-28-15-5-4-6-16-28/h7-14H,4-6,15-18H2,1-3H3,(H,26,29)(H,27,30)/p+1. The summed E-state index contributed by atoms with van der Waals surface area (Å²) in [5, 5.41) is 5.61. The summed E-state index contributed by atoms with van der Waals surface area (Å²) in [5.74, 6) is -0.148. The van der Waals surface area contributed by atoms with Crippen LogP contribution in [-0.4, -0.2) is 30.7 Å². The molecule has 1 aliphatic heterocycles. The number of likely N-dealkylation sites (tertiary alicyclic amines) is 1. The number of rotatable bonds is 6. The molecule has 1 fully saturated rings. The van der Waals surface area contributed by atoms with Crippen LogP contribution in [0.4, 0.5) is 10.5 Å². The molecule has 166 valence electrons. The van der Waals surface area contributed by atoms with Gasteiger partial charge in [-0.15, -0.1) is 0 Å². The normalized spacial score (nSPS) is 14.7. The highest BCUT2D eigenvalue weighted by Crippen LogP contribution is 2.13. The molecule has 0 unspecified atom stereocenters. The lowest BCUT2D eigenvalue weighted by Crippen LogP contribution is -3.11. The summed E-state index contributed by atoms with van der Waals surface area (Å²) >= 11 is 0. The molecule has 1 heterocycles. The molecule has 1 aliphatic rings. The van der Waals surface area contributed by atoms with Crippen molar-refractivity contribution in [1.29, 1.82) is 0 Å². The number of benzene rings is 2. The van der Waals surface area contributed by atoms with Gasteiger partial charge < -0.3 is 15.0 Å². The fraction of sp³-hybridized carbons (Fsp3) is 0.440. The summed E-state index contributed by atoms with van der Waals surface area (Å²) in [7, 11) is 0. The van der Waals surface area contributed by atoms with Crippen molar-refractivity contribution >= 4 is 17.7 Å². The zero-order valence-corrected chi connectivity index (χ0v) is 18.8. The first-order valence-electron chi connectivity index (χ1n) is 11.1. The summed E-state index contributed by atoms with van der Waals surface area (Å²) in [5.41, 5.74) is 2.99. The Morgan fingerprint density at radius 2 is 1.52 bits per heavy atom. The molecule has 1 saturated heterocycles. The van der Waals surface area contributed by atoms with Crippen molar-refractivity contribution in [1.82, 2.24) is 5.32 Å². The van der Waals surface area contributed by atoms with Crippen LogP contribution in [0.15, 0.2) is 48.5 Å². The predicted molar refractivity (Wildman–Crippen MR) is 122 cm³/mol. The zero-order valence-electron chi connectivity index (χ0n) is 18.8. The van der Waals surface area contributed by atoms with Gasteiger partial charge in [0.15, 0.2) is 0 Å². The molecule has 2 aromatic carbocycles. The fourth-order valence-corrected chi connectivity index (χ4v) is 3.70. The third kappa shape index (κ3) is 7.72. The van der Waals surface area contributed by atoms with Crippen LogP contribution < -0.4 is 15.5 Å². The van der Waals surface area contributed by atoms with Gasteiger partial charge in [0.2, 0.25) is 0 Å². The molecule has 6 nitrogen and oxygen atoms in total. The van der Waals surface area contributed by atoms with E-state index in [2.05, 4.69) is 34.9 Å². The van der Waals surface area contributed by atoms with E-state index in [9.17, 15) is 9.59 Å². The maximum atomic E-state index is 12.4. The van der Waals surface area contributed by atoms with Crippen molar-refractivity contribution in [2.24, 2.45) is 0 Å². The Balaban J connectivity index is 1.46. The molecule has 0 spiro atoms. The third-order valence-corrected chi connectivity index (χ3v) is 5.28. The van der Waals surface area contributed by atoms with Crippen molar-refractivity contribution in [3.8, 4) is 0 Å². The first kappa shape index (κ1) is 22.8. The van der Waals surface area contributed by atoms with E-state index < -0.39 is 11.7 Å². The van der Waals surface area contributed by atoms with Crippen LogP contribution in [0.2, 0.25) is 0 Å². The van der Waals surface area contributed by atoms with Crippen LogP contribution in [0.25, 0.3) is 0 Å². The van der Waals surface area contributed by atoms with Gasteiger partial charge in [0.1, 0.15) is 12.1 Å². The largest absolute Gasteiger partial charge is 0.444 e. The van der Waals surface area contributed by atoms with Gasteiger partial charge in [0, 0.05) is 23.4 Å². The maximum absolute atomic E-state index is 12.4. The quantitative estimate of drug-likeness (QED) is 0.664. The molecule has 2 amide bonds. The summed E-state index contributed by atoms with van der Waals surface area (Å²) in [6.45, 7) is 9.52. The first-order chi connectivity index (χ1) is 14.8. The van der Waals surface area contributed by atoms with Gasteiger partial charge >= 0.3 is 6.09 Å². The Kier molecular flexibility index (Phi) is 7.69. The average Bonchev–Trinajstić information content (AvgIpc) is 2.73. The van der Waals surface area contributed by atoms with Crippen LogP contribution in [0, 0.1) is 0 Å². The van der Waals surface area contributed by atoms with E-state index in [0.717, 1.165) is 12.1 Å². The summed E-state index contributed by atoms with van der Waals surface area (Å²) in [4.78, 5) is 25.9. The van der Waals surface area contributed by atoms with E-state index in [1.54, 1.807) is 29.2 Å². The highest BCUT2D eigenvalue weighted by atomic mass is 16.6. The highest BCUT2D eigenvalue weighted by molar-refractivity contribution is 5.95. The summed E-state index contributed by atoms with van der Waals surface area (Å²) in [6.07, 6.45) is 3.51. The molecule has 3 N–H and O–H groups in total. The molecule has 3 rings (SSSR count). The monoisotopic (exact) mass is 424 g/mol. The SMILES string of the molecule is CC(C)(C)OC(=O)Nc1ccc(C(=O)NCc2ccc(C[NH+]3CCCCC3)cc2)cc1. The highest BCUT2D eigenvalue weighted by Gasteiger charge is 2.16. The number of hydrogen-bond acceptors (Lipinski definition) is 3. The Labute approximate surface area is 185 Å². The number of carbonyl (C=O) groups excluding carboxylic acids is 2. The Hall–Kier alpha value is -2.86. The zero-order chi connectivity index (χ0) is 22.3. The minimum atomic E-state index is -0.559. The van der Waals surface area contributed by atoms with Gasteiger partial charge in [-0.1, -0.05) is 24.3 Å². The van der Waals surface area contributed by atoms with Gasteiger partial charge in [0.05, 0.1) is 13.1 Å². The summed E-state index contributed by atoms with van der Waals surface area (Å²) in [6, 6.07) is 15.3. The molecule has 31 heavy (non-hydrogen) atoms. The first-order valence-corrected chi connectivity index (χ1v) is 11.1. The molecule has 6 heteroatoms. The number of ether oxygens (including phenoxy) is 1. The topological polar surface area (TPSA) is 71.9 Å². The molecule has 0 radical (unpaired) electrons. The Bertz CT molecular complexity index is 864. The van der Waals surface area contributed by atoms with E-state index in [4.69, 9.17) is 4.74 Å². The predicted octanol–water partition coefficient (Wildman–Crippen LogP) is 3.53. The van der Waals surface area contributed by atoms with Crippen LogP contribution in [0.3, 0.4) is 0 Å². The maximum Gasteiger partial charge on any atom is 0.412 e. The van der Waals surface area contributed by atoms with Gasteiger partial charge in [-0.25, -0.2) is 4.79 Å². The minimum Gasteiger partial charge on any atom is -0.444 e. The number of hydrogen-bond donors (Lipinski definition) is 3. The molecular weight excluding hydrogens is 390 g/mol. The van der Waals surface area contributed by atoms with Gasteiger partial charge in [-0.3, -0.25) is 10.1 Å². The van der Waals surface area contributed by atoms with Crippen molar-refractivity contribution in [2.75, 3.05) is 18.4 Å². The second-order valence-corrected chi connectivity index (χ2v) is 9.19. The molecule has 2 aromatic rings. The van der Waals surface area contributed by atoms with Crippen molar-refractivity contribution in [3.63, 3.8) is 0 Å². The molecule has 0 atom stereocenters. The number of amides is 2. The van der Waals surface area contributed by atoms with Crippen LogP contribution in [0.1, 0.15) is 61.5 Å². The van der Waals surface area contributed by atoms with Crippen molar-refractivity contribution < 1.29 is 19.2 Å². The fourth-order valence-electron chi connectivity index (χ4n) is 3.70. The second-order valence-electron chi connectivity index (χ2n) is 9.19. The average molecular weight is 425 g/mol. The van der Waals surface area contributed by atoms with Gasteiger partial charge in [0.25, 0.3) is 5.91 Å². The number of carbonyl (C=O) groups is 2. The second kappa shape index (κ2) is 10.4. The van der Waals surface area contributed by atoms with E-state index >= 15 is 0 Å². The van der Waals surface area contributed by atoms with E-state index in [1.165, 1.54) is 37.9 Å². The number of nitrogens with one attached hydrogen (secondary N) is 3. The molecule has 0 aromatic heterocycles. The van der Waals surface area contributed by atoms with Gasteiger partial charge in [-0.2, -0.15) is 0 Å². The molecule has 0 bridgehead atoms. The van der Waals surface area contributed by atoms with Crippen LogP contribution >= 0.6 is 0 Å². The molecule has 0 saturated carbocycles. The van der Waals surface area contributed by atoms with Gasteiger partial charge in [-0.05, 0) is 69.9 Å². The molecule has 0 aliphatic carbocycles. The van der Waals surface area contributed by atoms with Crippen molar-refractivity contribution in [2.45, 2.75) is 58.7 Å².